The second-order valence-corrected chi connectivity index (χ2v) is 5.32. The van der Waals surface area contributed by atoms with E-state index in [2.05, 4.69) is 5.32 Å². The maximum atomic E-state index is 11.1. The van der Waals surface area contributed by atoms with Gasteiger partial charge in [0.2, 0.25) is 0 Å². The van der Waals surface area contributed by atoms with Crippen LogP contribution < -0.4 is 5.32 Å². The quantitative estimate of drug-likeness (QED) is 0.497. The number of hydrogen-bond donors (Lipinski definition) is 1. The molecule has 2 atom stereocenters. The van der Waals surface area contributed by atoms with Crippen LogP contribution in [0.4, 0.5) is 0 Å². The Labute approximate surface area is 94.2 Å². The van der Waals surface area contributed by atoms with Crippen LogP contribution >= 0.6 is 0 Å². The minimum atomic E-state index is -0.846. The van der Waals surface area contributed by atoms with Crippen LogP contribution in [0.2, 0.25) is 0 Å². The fraction of sp³-hybridized carbons (Fsp3) is 0.900. The highest BCUT2D eigenvalue weighted by molar-refractivity contribution is 7.84. The minimum Gasteiger partial charge on any atom is -0.465 e. The molecule has 0 aliphatic heterocycles. The van der Waals surface area contributed by atoms with Crippen molar-refractivity contribution in [3.05, 3.63) is 0 Å². The molecule has 0 aromatic rings. The summed E-state index contributed by atoms with van der Waals surface area (Å²) in [6.07, 6.45) is 3.58. The van der Waals surface area contributed by atoms with Gasteiger partial charge >= 0.3 is 5.97 Å². The van der Waals surface area contributed by atoms with Gasteiger partial charge < -0.3 is 10.1 Å². The highest BCUT2D eigenvalue weighted by Crippen LogP contribution is 1.90. The maximum Gasteiger partial charge on any atom is 0.319 e. The number of unbranched alkanes of at least 4 members (excludes halogenated alkanes) is 1. The molecule has 0 spiro atoms. The molecule has 0 aliphatic rings. The van der Waals surface area contributed by atoms with E-state index in [1.165, 1.54) is 0 Å². The predicted octanol–water partition coefficient (Wildman–Crippen LogP) is 0.686. The molecule has 0 aliphatic carbocycles. The molecule has 0 saturated heterocycles. The standard InChI is InChI=1S/C10H21NO3S/c1-4-5-6-14-10(12)8-11-7-9(2)15(3)13/h9,11H,4-8H2,1-3H3. The van der Waals surface area contributed by atoms with Gasteiger partial charge in [-0.05, 0) is 13.3 Å². The van der Waals surface area contributed by atoms with Gasteiger partial charge in [0.1, 0.15) is 0 Å². The first-order valence-electron chi connectivity index (χ1n) is 5.26. The van der Waals surface area contributed by atoms with Crippen molar-refractivity contribution in [2.75, 3.05) is 26.0 Å². The highest BCUT2D eigenvalue weighted by Gasteiger charge is 2.07. The van der Waals surface area contributed by atoms with Crippen LogP contribution in [0.15, 0.2) is 0 Å². The van der Waals surface area contributed by atoms with Gasteiger partial charge in [-0.25, -0.2) is 0 Å². The Balaban J connectivity index is 3.42. The molecule has 5 heteroatoms. The molecule has 0 fully saturated rings. The minimum absolute atomic E-state index is 0.0634. The molecule has 0 heterocycles. The molecular weight excluding hydrogens is 214 g/mol. The summed E-state index contributed by atoms with van der Waals surface area (Å²) in [4.78, 5) is 11.1. The molecule has 4 nitrogen and oxygen atoms in total. The zero-order valence-electron chi connectivity index (χ0n) is 9.75. The van der Waals surface area contributed by atoms with Crippen molar-refractivity contribution in [3.63, 3.8) is 0 Å². The Hall–Kier alpha value is -0.420. The van der Waals surface area contributed by atoms with Crippen LogP contribution in [0.3, 0.4) is 0 Å². The second kappa shape index (κ2) is 8.85. The zero-order chi connectivity index (χ0) is 11.7. The van der Waals surface area contributed by atoms with E-state index in [9.17, 15) is 9.00 Å². The monoisotopic (exact) mass is 235 g/mol. The lowest BCUT2D eigenvalue weighted by Gasteiger charge is -2.09. The first-order valence-corrected chi connectivity index (χ1v) is 6.88. The number of hydrogen-bond acceptors (Lipinski definition) is 4. The summed E-state index contributed by atoms with van der Waals surface area (Å²) in [5, 5.41) is 2.99. The second-order valence-electron chi connectivity index (χ2n) is 3.51. The van der Waals surface area contributed by atoms with Crippen LogP contribution in [-0.4, -0.2) is 41.4 Å². The van der Waals surface area contributed by atoms with E-state index in [1.807, 2.05) is 13.8 Å². The number of nitrogens with one attached hydrogen (secondary N) is 1. The van der Waals surface area contributed by atoms with Crippen molar-refractivity contribution >= 4 is 16.8 Å². The molecule has 0 bridgehead atoms. The summed E-state index contributed by atoms with van der Waals surface area (Å²) in [6, 6.07) is 0. The number of ether oxygens (including phenoxy) is 1. The summed E-state index contributed by atoms with van der Waals surface area (Å²) >= 11 is 0. The third-order valence-corrected chi connectivity index (χ3v) is 3.33. The smallest absolute Gasteiger partial charge is 0.319 e. The Morgan fingerprint density at radius 3 is 2.73 bits per heavy atom. The third kappa shape index (κ3) is 8.57. The normalized spacial score (nSPS) is 14.6. The summed E-state index contributed by atoms with van der Waals surface area (Å²) in [5.74, 6) is -0.238. The largest absolute Gasteiger partial charge is 0.465 e. The SMILES string of the molecule is CCCCOC(=O)CNCC(C)S(C)=O. The van der Waals surface area contributed by atoms with E-state index in [0.29, 0.717) is 13.2 Å². The average molecular weight is 235 g/mol. The number of esters is 1. The van der Waals surface area contributed by atoms with Crippen molar-refractivity contribution in [2.45, 2.75) is 31.9 Å². The van der Waals surface area contributed by atoms with E-state index in [1.54, 1.807) is 6.26 Å². The molecular formula is C10H21NO3S. The fourth-order valence-corrected chi connectivity index (χ4v) is 1.23. The van der Waals surface area contributed by atoms with Crippen LogP contribution in [0.5, 0.6) is 0 Å². The lowest BCUT2D eigenvalue weighted by atomic mass is 10.4. The number of rotatable bonds is 8. The van der Waals surface area contributed by atoms with E-state index >= 15 is 0 Å². The lowest BCUT2D eigenvalue weighted by molar-refractivity contribution is -0.142. The topological polar surface area (TPSA) is 55.4 Å². The highest BCUT2D eigenvalue weighted by atomic mass is 32.2. The van der Waals surface area contributed by atoms with E-state index in [0.717, 1.165) is 12.8 Å². The number of carbonyl (C=O) groups excluding carboxylic acids is 1. The molecule has 90 valence electrons. The van der Waals surface area contributed by atoms with Crippen molar-refractivity contribution < 1.29 is 13.7 Å². The van der Waals surface area contributed by atoms with E-state index in [-0.39, 0.29) is 17.8 Å². The van der Waals surface area contributed by atoms with Gasteiger partial charge in [0.05, 0.1) is 13.2 Å². The van der Waals surface area contributed by atoms with Crippen molar-refractivity contribution in [1.82, 2.24) is 5.32 Å². The molecule has 2 unspecified atom stereocenters. The molecule has 0 saturated carbocycles. The van der Waals surface area contributed by atoms with Crippen molar-refractivity contribution in [2.24, 2.45) is 0 Å². The van der Waals surface area contributed by atoms with Gasteiger partial charge in [0.25, 0.3) is 0 Å². The van der Waals surface area contributed by atoms with E-state index in [4.69, 9.17) is 4.74 Å². The van der Waals surface area contributed by atoms with Gasteiger partial charge in [-0.3, -0.25) is 9.00 Å². The maximum absolute atomic E-state index is 11.1. The lowest BCUT2D eigenvalue weighted by Crippen LogP contribution is -2.32. The van der Waals surface area contributed by atoms with Gasteiger partial charge in [-0.15, -0.1) is 0 Å². The number of carbonyl (C=O) groups is 1. The van der Waals surface area contributed by atoms with E-state index < -0.39 is 10.8 Å². The molecule has 0 radical (unpaired) electrons. The molecule has 0 aromatic heterocycles. The van der Waals surface area contributed by atoms with Gasteiger partial charge in [-0.2, -0.15) is 0 Å². The van der Waals surface area contributed by atoms with Gasteiger partial charge in [-0.1, -0.05) is 13.3 Å². The molecule has 15 heavy (non-hydrogen) atoms. The first-order chi connectivity index (χ1) is 7.07. The molecule has 0 rings (SSSR count). The third-order valence-electron chi connectivity index (χ3n) is 2.03. The Kier molecular flexibility index (Phi) is 8.61. The van der Waals surface area contributed by atoms with Crippen LogP contribution in [0.1, 0.15) is 26.7 Å². The first kappa shape index (κ1) is 14.6. The summed E-state index contributed by atoms with van der Waals surface area (Å²) in [7, 11) is -0.846. The van der Waals surface area contributed by atoms with Crippen LogP contribution in [0, 0.1) is 0 Å². The summed E-state index contributed by atoms with van der Waals surface area (Å²) < 4.78 is 15.9. The van der Waals surface area contributed by atoms with Crippen molar-refractivity contribution in [3.8, 4) is 0 Å². The fourth-order valence-electron chi connectivity index (χ4n) is 0.876. The summed E-state index contributed by atoms with van der Waals surface area (Å²) in [5.41, 5.74) is 0. The predicted molar refractivity (Wildman–Crippen MR) is 62.3 cm³/mol. The van der Waals surface area contributed by atoms with Crippen LogP contribution in [-0.2, 0) is 20.3 Å². The Morgan fingerprint density at radius 1 is 1.53 bits per heavy atom. The Morgan fingerprint density at radius 2 is 2.20 bits per heavy atom. The Bertz CT molecular complexity index is 209. The molecule has 0 aromatic carbocycles. The van der Waals surface area contributed by atoms with Crippen LogP contribution in [0.25, 0.3) is 0 Å². The van der Waals surface area contributed by atoms with Gasteiger partial charge in [0.15, 0.2) is 0 Å². The average Bonchev–Trinajstić information content (AvgIpc) is 2.18. The zero-order valence-corrected chi connectivity index (χ0v) is 10.6. The molecule has 1 N–H and O–H groups in total. The van der Waals surface area contributed by atoms with Gasteiger partial charge in [0, 0.05) is 28.9 Å². The molecule has 0 amide bonds. The summed E-state index contributed by atoms with van der Waals surface area (Å²) in [6.45, 7) is 5.19. The van der Waals surface area contributed by atoms with Crippen molar-refractivity contribution in [1.29, 1.82) is 0 Å².